The zero-order valence-electron chi connectivity index (χ0n) is 20.3. The van der Waals surface area contributed by atoms with Crippen molar-refractivity contribution in [2.45, 2.75) is 46.0 Å². The van der Waals surface area contributed by atoms with Crippen LogP contribution in [0.1, 0.15) is 66.1 Å². The number of Topliss-reactive ketones (excluding diaryl/α,β-unsaturated/α-hetero) is 1. The molecular weight excluding hydrogens is 464 g/mol. The molecule has 2 aromatic rings. The quantitative estimate of drug-likeness (QED) is 0.559. The second-order valence-corrected chi connectivity index (χ2v) is 12.1. The minimum atomic E-state index is -3.35. The van der Waals surface area contributed by atoms with Gasteiger partial charge in [-0.05, 0) is 53.4 Å². The van der Waals surface area contributed by atoms with Gasteiger partial charge in [-0.2, -0.15) is 9.57 Å². The molecule has 2 aliphatic rings. The van der Waals surface area contributed by atoms with E-state index in [1.54, 1.807) is 0 Å². The lowest BCUT2D eigenvalue weighted by Gasteiger charge is -2.29. The van der Waals surface area contributed by atoms with Crippen molar-refractivity contribution in [2.75, 3.05) is 32.1 Å². The number of nitrogens with zero attached hydrogens (tertiary/aromatic N) is 3. The first-order chi connectivity index (χ1) is 16.7. The number of carbonyl (C=O) groups is 1. The number of hydrogen-bond donors (Lipinski definition) is 1. The molecule has 4 rings (SSSR count). The minimum absolute atomic E-state index is 0.0418. The zero-order valence-corrected chi connectivity index (χ0v) is 21.2. The smallest absolute Gasteiger partial charge is 0.214 e. The fourth-order valence-corrected chi connectivity index (χ4v) is 5.99. The van der Waals surface area contributed by atoms with Crippen LogP contribution in [-0.2, 0) is 27.6 Å². The van der Waals surface area contributed by atoms with E-state index in [2.05, 4.69) is 29.9 Å². The average molecular weight is 497 g/mol. The maximum Gasteiger partial charge on any atom is 0.214 e. The van der Waals surface area contributed by atoms with Crippen molar-refractivity contribution in [3.8, 4) is 6.07 Å². The summed E-state index contributed by atoms with van der Waals surface area (Å²) in [7, 11) is -3.35. The number of nitriles is 1. The Labute approximate surface area is 207 Å². The summed E-state index contributed by atoms with van der Waals surface area (Å²) >= 11 is 0. The number of morpholine rings is 1. The molecule has 0 amide bonds. The number of hydrogen-bond acceptors (Lipinski definition) is 6. The van der Waals surface area contributed by atoms with E-state index in [9.17, 15) is 13.2 Å². The second-order valence-electron chi connectivity index (χ2n) is 10.0. The highest BCUT2D eigenvalue weighted by molar-refractivity contribution is 7.89. The first-order valence-electron chi connectivity index (χ1n) is 12.0. The number of sulfonamides is 1. The molecule has 0 spiro atoms. The molecule has 1 N–H and O–H groups in total. The summed E-state index contributed by atoms with van der Waals surface area (Å²) in [6.07, 6.45) is 7.08. The zero-order chi connectivity index (χ0) is 25.1. The predicted molar refractivity (Wildman–Crippen MR) is 133 cm³/mol. The van der Waals surface area contributed by atoms with Crippen molar-refractivity contribution in [3.63, 3.8) is 0 Å². The number of aromatic amines is 1. The maximum absolute atomic E-state index is 12.9. The first kappa shape index (κ1) is 25.3. The van der Waals surface area contributed by atoms with Gasteiger partial charge in [0.1, 0.15) is 11.8 Å². The van der Waals surface area contributed by atoms with Gasteiger partial charge in [-0.15, -0.1) is 0 Å². The summed E-state index contributed by atoms with van der Waals surface area (Å²) < 4.78 is 32.4. The lowest BCUT2D eigenvalue weighted by Crippen LogP contribution is -2.42. The van der Waals surface area contributed by atoms with Gasteiger partial charge in [0.15, 0.2) is 5.82 Å². The number of imidazole rings is 1. The Balaban J connectivity index is 1.57. The fourth-order valence-electron chi connectivity index (χ4n) is 4.53. The molecule has 1 fully saturated rings. The lowest BCUT2D eigenvalue weighted by atomic mass is 9.76. The van der Waals surface area contributed by atoms with E-state index in [0.717, 1.165) is 36.0 Å². The SMILES string of the molecule is CC1(C)CC=C(c2cc(CCS(=O)(=O)N3CCOCC3)ccc2CC(=O)c2ncc(C#N)[nH]2)CC1. The van der Waals surface area contributed by atoms with Crippen LogP contribution in [0.15, 0.2) is 30.5 Å². The number of allylic oxidation sites excluding steroid dienone is 2. The number of H-pyrrole nitrogens is 1. The van der Waals surface area contributed by atoms with Crippen molar-refractivity contribution in [2.24, 2.45) is 5.41 Å². The molecule has 1 aliphatic heterocycles. The number of ketones is 1. The van der Waals surface area contributed by atoms with Crippen molar-refractivity contribution in [1.29, 1.82) is 5.26 Å². The Kier molecular flexibility index (Phi) is 7.55. The molecule has 0 saturated carbocycles. The molecule has 2 heterocycles. The van der Waals surface area contributed by atoms with Gasteiger partial charge in [0.2, 0.25) is 15.8 Å². The number of benzene rings is 1. The molecule has 186 valence electrons. The summed E-state index contributed by atoms with van der Waals surface area (Å²) in [5.41, 5.74) is 4.51. The van der Waals surface area contributed by atoms with E-state index >= 15 is 0 Å². The molecule has 1 aromatic carbocycles. The Morgan fingerprint density at radius 2 is 2.06 bits per heavy atom. The molecule has 0 unspecified atom stereocenters. The van der Waals surface area contributed by atoms with Crippen LogP contribution in [0.25, 0.3) is 5.57 Å². The number of aryl methyl sites for hydroxylation is 1. The van der Waals surface area contributed by atoms with Gasteiger partial charge in [-0.3, -0.25) is 4.79 Å². The predicted octanol–water partition coefficient (Wildman–Crippen LogP) is 3.50. The Morgan fingerprint density at radius 3 is 2.71 bits per heavy atom. The van der Waals surface area contributed by atoms with Crippen LogP contribution in [0.5, 0.6) is 0 Å². The highest BCUT2D eigenvalue weighted by Crippen LogP contribution is 2.39. The highest BCUT2D eigenvalue weighted by atomic mass is 32.2. The molecule has 0 radical (unpaired) electrons. The van der Waals surface area contributed by atoms with Crippen LogP contribution >= 0.6 is 0 Å². The van der Waals surface area contributed by atoms with Gasteiger partial charge in [0, 0.05) is 19.5 Å². The van der Waals surface area contributed by atoms with Gasteiger partial charge in [-0.1, -0.05) is 38.1 Å². The van der Waals surface area contributed by atoms with Crippen LogP contribution < -0.4 is 0 Å². The van der Waals surface area contributed by atoms with E-state index in [0.29, 0.717) is 32.7 Å². The molecular formula is C26H32N4O4S. The summed E-state index contributed by atoms with van der Waals surface area (Å²) in [6, 6.07) is 7.84. The van der Waals surface area contributed by atoms with Gasteiger partial charge in [-0.25, -0.2) is 13.4 Å². The molecule has 35 heavy (non-hydrogen) atoms. The van der Waals surface area contributed by atoms with Crippen molar-refractivity contribution in [3.05, 3.63) is 58.7 Å². The molecule has 1 aromatic heterocycles. The number of aromatic nitrogens is 2. The lowest BCUT2D eigenvalue weighted by molar-refractivity contribution is 0.0730. The Morgan fingerprint density at radius 1 is 1.29 bits per heavy atom. The number of rotatable bonds is 8. The van der Waals surface area contributed by atoms with E-state index < -0.39 is 10.0 Å². The van der Waals surface area contributed by atoms with Gasteiger partial charge in [0.05, 0.1) is 25.2 Å². The third kappa shape index (κ3) is 6.26. The van der Waals surface area contributed by atoms with Crippen LogP contribution in [0.2, 0.25) is 0 Å². The number of ether oxygens (including phenoxy) is 1. The van der Waals surface area contributed by atoms with Crippen molar-refractivity contribution < 1.29 is 17.9 Å². The normalized spacial score (nSPS) is 18.6. The summed E-state index contributed by atoms with van der Waals surface area (Å²) in [4.78, 5) is 19.7. The third-order valence-electron chi connectivity index (χ3n) is 6.82. The molecule has 1 saturated heterocycles. The van der Waals surface area contributed by atoms with Crippen molar-refractivity contribution >= 4 is 21.4 Å². The Bertz CT molecular complexity index is 1260. The third-order valence-corrected chi connectivity index (χ3v) is 8.69. The summed E-state index contributed by atoms with van der Waals surface area (Å²) in [5.74, 6) is 0.0270. The Hall–Kier alpha value is -2.80. The standard InChI is InChI=1S/C26H32N4O4S/c1-26(2)8-5-20(6-9-26)23-15-19(7-14-35(32,33)30-10-12-34-13-11-30)3-4-21(23)16-24(31)25-28-18-22(17-27)29-25/h3-5,15,18H,6-14,16H2,1-2H3,(H,28,29). The van der Waals surface area contributed by atoms with Crippen LogP contribution in [0, 0.1) is 16.7 Å². The van der Waals surface area contributed by atoms with Gasteiger partial charge in [0.25, 0.3) is 0 Å². The average Bonchev–Trinajstić information content (AvgIpc) is 3.34. The topological polar surface area (TPSA) is 116 Å². The van der Waals surface area contributed by atoms with E-state index in [1.165, 1.54) is 16.1 Å². The highest BCUT2D eigenvalue weighted by Gasteiger charge is 2.26. The molecule has 0 bridgehead atoms. The van der Waals surface area contributed by atoms with Crippen molar-refractivity contribution in [1.82, 2.24) is 14.3 Å². The second kappa shape index (κ2) is 10.4. The molecule has 8 nitrogen and oxygen atoms in total. The molecule has 9 heteroatoms. The fraction of sp³-hybridized carbons (Fsp3) is 0.500. The minimum Gasteiger partial charge on any atom is -0.379 e. The van der Waals surface area contributed by atoms with Gasteiger partial charge < -0.3 is 9.72 Å². The summed E-state index contributed by atoms with van der Waals surface area (Å²) in [6.45, 7) is 6.17. The summed E-state index contributed by atoms with van der Waals surface area (Å²) in [5, 5.41) is 9.01. The maximum atomic E-state index is 12.9. The van der Waals surface area contributed by atoms with Gasteiger partial charge >= 0.3 is 0 Å². The molecule has 0 atom stereocenters. The van der Waals surface area contributed by atoms with E-state index in [4.69, 9.17) is 10.00 Å². The van der Waals surface area contributed by atoms with Crippen LogP contribution in [0.4, 0.5) is 0 Å². The van der Waals surface area contributed by atoms with E-state index in [1.807, 2.05) is 24.3 Å². The molecule has 1 aliphatic carbocycles. The monoisotopic (exact) mass is 496 g/mol. The van der Waals surface area contributed by atoms with Crippen LogP contribution in [-0.4, -0.2) is 60.5 Å². The first-order valence-corrected chi connectivity index (χ1v) is 13.6. The number of carbonyl (C=O) groups excluding carboxylic acids is 1. The largest absolute Gasteiger partial charge is 0.379 e. The van der Waals surface area contributed by atoms with E-state index in [-0.39, 0.29) is 34.9 Å². The number of nitrogens with one attached hydrogen (secondary N) is 1. The van der Waals surface area contributed by atoms with Crippen LogP contribution in [0.3, 0.4) is 0 Å².